The van der Waals surface area contributed by atoms with Crippen LogP contribution in [0.3, 0.4) is 0 Å². The smallest absolute Gasteiger partial charge is 0.235 e. The lowest BCUT2D eigenvalue weighted by molar-refractivity contribution is -0.150. The number of hydrogen-bond donors (Lipinski definition) is 3. The van der Waals surface area contributed by atoms with Crippen LogP contribution in [0.2, 0.25) is 0 Å². The summed E-state index contributed by atoms with van der Waals surface area (Å²) in [7, 11) is 0. The Morgan fingerprint density at radius 2 is 1.40 bits per heavy atom. The van der Waals surface area contributed by atoms with Crippen molar-refractivity contribution in [3.05, 3.63) is 117 Å². The number of aryl methyl sites for hydroxylation is 3. The van der Waals surface area contributed by atoms with Gasteiger partial charge in [-0.1, -0.05) is 74.5 Å². The van der Waals surface area contributed by atoms with Gasteiger partial charge in [-0.05, 0) is 102 Å². The van der Waals surface area contributed by atoms with Crippen molar-refractivity contribution in [3.8, 4) is 11.5 Å². The molecule has 0 heterocycles. The fourth-order valence-corrected chi connectivity index (χ4v) is 7.49. The number of Topliss-reactive ketones (excluding diaryl/α,β-unsaturated/α-hetero) is 1. The van der Waals surface area contributed by atoms with Crippen LogP contribution in [0.4, 0.5) is 11.4 Å². The van der Waals surface area contributed by atoms with Crippen LogP contribution < -0.4 is 20.1 Å². The first-order chi connectivity index (χ1) is 24.0. The van der Waals surface area contributed by atoms with E-state index in [0.29, 0.717) is 52.4 Å². The van der Waals surface area contributed by atoms with Crippen LogP contribution in [0.15, 0.2) is 89.4 Å². The molecule has 0 aromatic heterocycles. The van der Waals surface area contributed by atoms with Crippen LogP contribution >= 0.6 is 15.9 Å². The van der Waals surface area contributed by atoms with E-state index in [2.05, 4.69) is 26.6 Å². The summed E-state index contributed by atoms with van der Waals surface area (Å²) in [4.78, 5) is 42.8. The molecule has 4 unspecified atom stereocenters. The van der Waals surface area contributed by atoms with E-state index in [1.807, 2.05) is 94.4 Å². The Labute approximate surface area is 302 Å². The number of benzene rings is 4. The second-order valence-electron chi connectivity index (χ2n) is 13.0. The lowest BCUT2D eigenvalue weighted by atomic mass is 9.61. The Kier molecular flexibility index (Phi) is 11.8. The van der Waals surface area contributed by atoms with Crippen molar-refractivity contribution in [2.75, 3.05) is 17.2 Å². The van der Waals surface area contributed by atoms with Gasteiger partial charge in [0, 0.05) is 23.7 Å². The zero-order chi connectivity index (χ0) is 36.0. The molecule has 1 saturated carbocycles. The van der Waals surface area contributed by atoms with E-state index in [1.165, 1.54) is 6.92 Å². The minimum absolute atomic E-state index is 0.283. The standard InChI is InChI=1S/C41H45BrN2O6/c1-6-26-16-11-13-19-31(26)43-39(46)36-33(45)23-41(5,48)37(40(47)44-32-20-14-12-17-27(32)7-2)35(36)29-21-30(42)38(34(22-29)49-8-3)50-24-28-18-10-9-15-25(28)4/h9-22,35-37,48H,6-8,23-24H2,1-5H3,(H,43,46)(H,44,47). The van der Waals surface area contributed by atoms with Gasteiger partial charge >= 0.3 is 0 Å². The first kappa shape index (κ1) is 36.8. The lowest BCUT2D eigenvalue weighted by Crippen LogP contribution is -2.56. The number of aliphatic hydroxyl groups is 1. The highest BCUT2D eigenvalue weighted by atomic mass is 79.9. The van der Waals surface area contributed by atoms with Crippen molar-refractivity contribution < 1.29 is 29.0 Å². The number of carbonyl (C=O) groups excluding carboxylic acids is 3. The van der Waals surface area contributed by atoms with Crippen molar-refractivity contribution in [3.63, 3.8) is 0 Å². The molecule has 0 saturated heterocycles. The van der Waals surface area contributed by atoms with Gasteiger partial charge in [0.1, 0.15) is 18.3 Å². The third-order valence-electron chi connectivity index (χ3n) is 9.49. The minimum atomic E-state index is -1.77. The maximum absolute atomic E-state index is 14.4. The topological polar surface area (TPSA) is 114 Å². The first-order valence-electron chi connectivity index (χ1n) is 17.1. The molecule has 1 aliphatic carbocycles. The fraction of sp³-hybridized carbons (Fsp3) is 0.341. The summed E-state index contributed by atoms with van der Waals surface area (Å²) in [6.07, 6.45) is 0.973. The summed E-state index contributed by atoms with van der Waals surface area (Å²) in [5.41, 5.74) is 3.83. The number of rotatable bonds is 12. The summed E-state index contributed by atoms with van der Waals surface area (Å²) in [5.74, 6) is -4.21. The quantitative estimate of drug-likeness (QED) is 0.126. The molecule has 0 aliphatic heterocycles. The molecule has 5 rings (SSSR count). The third-order valence-corrected chi connectivity index (χ3v) is 10.1. The molecule has 1 fully saturated rings. The molecule has 9 heteroatoms. The minimum Gasteiger partial charge on any atom is -0.490 e. The van der Waals surface area contributed by atoms with E-state index < -0.39 is 41.0 Å². The monoisotopic (exact) mass is 740 g/mol. The molecular weight excluding hydrogens is 696 g/mol. The maximum Gasteiger partial charge on any atom is 0.235 e. The van der Waals surface area contributed by atoms with E-state index in [-0.39, 0.29) is 13.0 Å². The highest BCUT2D eigenvalue weighted by Gasteiger charge is 2.56. The molecule has 0 bridgehead atoms. The Hall–Kier alpha value is -4.47. The molecule has 50 heavy (non-hydrogen) atoms. The van der Waals surface area contributed by atoms with Crippen LogP contribution in [-0.2, 0) is 33.8 Å². The second-order valence-corrected chi connectivity index (χ2v) is 13.8. The number of ether oxygens (including phenoxy) is 2. The number of hydrogen-bond acceptors (Lipinski definition) is 6. The van der Waals surface area contributed by atoms with Crippen molar-refractivity contribution in [2.24, 2.45) is 11.8 Å². The van der Waals surface area contributed by atoms with E-state index in [1.54, 1.807) is 18.2 Å². The summed E-state index contributed by atoms with van der Waals surface area (Å²) < 4.78 is 12.9. The van der Waals surface area contributed by atoms with E-state index in [4.69, 9.17) is 9.47 Å². The highest BCUT2D eigenvalue weighted by Crippen LogP contribution is 2.50. The van der Waals surface area contributed by atoms with Crippen molar-refractivity contribution in [1.29, 1.82) is 0 Å². The molecule has 4 atom stereocenters. The van der Waals surface area contributed by atoms with Crippen LogP contribution in [0, 0.1) is 18.8 Å². The molecule has 4 aromatic carbocycles. The number of amides is 2. The van der Waals surface area contributed by atoms with Crippen LogP contribution in [-0.4, -0.2) is 34.9 Å². The highest BCUT2D eigenvalue weighted by molar-refractivity contribution is 9.10. The predicted octanol–water partition coefficient (Wildman–Crippen LogP) is 8.18. The van der Waals surface area contributed by atoms with Gasteiger partial charge < -0.3 is 25.2 Å². The molecule has 0 spiro atoms. The maximum atomic E-state index is 14.4. The van der Waals surface area contributed by atoms with E-state index in [9.17, 15) is 19.5 Å². The number of halogens is 1. The normalized spacial score (nSPS) is 20.2. The zero-order valence-corrected chi connectivity index (χ0v) is 30.8. The first-order valence-corrected chi connectivity index (χ1v) is 17.9. The van der Waals surface area contributed by atoms with Crippen molar-refractivity contribution >= 4 is 44.9 Å². The lowest BCUT2D eigenvalue weighted by Gasteiger charge is -2.44. The van der Waals surface area contributed by atoms with Gasteiger partial charge in [-0.25, -0.2) is 0 Å². The number of ketones is 1. The van der Waals surface area contributed by atoms with Gasteiger partial charge in [0.2, 0.25) is 11.8 Å². The van der Waals surface area contributed by atoms with Crippen molar-refractivity contribution in [1.82, 2.24) is 0 Å². The largest absolute Gasteiger partial charge is 0.490 e. The molecular formula is C41H45BrN2O6. The molecule has 2 amide bonds. The van der Waals surface area contributed by atoms with Gasteiger partial charge in [-0.15, -0.1) is 0 Å². The molecule has 4 aromatic rings. The zero-order valence-electron chi connectivity index (χ0n) is 29.2. The van der Waals surface area contributed by atoms with Gasteiger partial charge in [0.15, 0.2) is 11.5 Å². The van der Waals surface area contributed by atoms with Gasteiger partial charge in [0.05, 0.1) is 22.6 Å². The predicted molar refractivity (Wildman–Crippen MR) is 200 cm³/mol. The van der Waals surface area contributed by atoms with Crippen molar-refractivity contribution in [2.45, 2.75) is 72.0 Å². The molecule has 0 radical (unpaired) electrons. The Bertz CT molecular complexity index is 1870. The molecule has 8 nitrogen and oxygen atoms in total. The van der Waals surface area contributed by atoms with Crippen LogP contribution in [0.1, 0.15) is 67.9 Å². The Balaban J connectivity index is 1.63. The Morgan fingerprint density at radius 3 is 1.98 bits per heavy atom. The average Bonchev–Trinajstić information content (AvgIpc) is 3.08. The number of anilines is 2. The van der Waals surface area contributed by atoms with Crippen LogP contribution in [0.5, 0.6) is 11.5 Å². The summed E-state index contributed by atoms with van der Waals surface area (Å²) in [5, 5.41) is 17.9. The summed E-state index contributed by atoms with van der Waals surface area (Å²) >= 11 is 3.68. The summed E-state index contributed by atoms with van der Waals surface area (Å²) in [6, 6.07) is 26.3. The molecule has 1 aliphatic rings. The fourth-order valence-electron chi connectivity index (χ4n) is 6.92. The van der Waals surface area contributed by atoms with E-state index >= 15 is 0 Å². The second kappa shape index (κ2) is 16.0. The van der Waals surface area contributed by atoms with E-state index in [0.717, 1.165) is 22.3 Å². The van der Waals surface area contributed by atoms with Crippen LogP contribution in [0.25, 0.3) is 0 Å². The number of carbonyl (C=O) groups is 3. The SMILES string of the molecule is CCOc1cc(C2C(C(=O)Nc3ccccc3CC)C(=O)CC(C)(O)C2C(=O)Nc2ccccc2CC)cc(Br)c1OCc1ccccc1C. The van der Waals surface area contributed by atoms with Gasteiger partial charge in [-0.2, -0.15) is 0 Å². The van der Waals surface area contributed by atoms with Gasteiger partial charge in [0.25, 0.3) is 0 Å². The number of nitrogens with one attached hydrogen (secondary N) is 2. The molecule has 262 valence electrons. The number of para-hydroxylation sites is 2. The molecule has 3 N–H and O–H groups in total. The average molecular weight is 742 g/mol. The summed E-state index contributed by atoms with van der Waals surface area (Å²) in [6.45, 7) is 9.93. The Morgan fingerprint density at radius 1 is 0.840 bits per heavy atom. The third kappa shape index (κ3) is 7.95. The van der Waals surface area contributed by atoms with Gasteiger partial charge in [-0.3, -0.25) is 14.4 Å².